The quantitative estimate of drug-likeness (QED) is 0.0152. The van der Waals surface area contributed by atoms with Gasteiger partial charge < -0.3 is 34.3 Å². The van der Waals surface area contributed by atoms with Crippen LogP contribution < -0.4 is 0 Å². The molecule has 0 radical (unpaired) electrons. The molecule has 0 aromatic carbocycles. The summed E-state index contributed by atoms with van der Waals surface area (Å²) in [5, 5.41) is 30.8. The lowest BCUT2D eigenvalue weighted by Gasteiger charge is -2.40. The molecule has 0 aromatic heterocycles. The molecule has 0 spiro atoms. The largest absolute Gasteiger partial charge is 0.462 e. The summed E-state index contributed by atoms with van der Waals surface area (Å²) >= 11 is 0. The molecule has 13 heteroatoms. The van der Waals surface area contributed by atoms with Crippen molar-refractivity contribution in [2.45, 2.75) is 230 Å². The van der Waals surface area contributed by atoms with Crippen molar-refractivity contribution in [2.24, 2.45) is 0 Å². The molecule has 4 N–H and O–H groups in total. The van der Waals surface area contributed by atoms with Gasteiger partial charge in [0.15, 0.2) is 12.4 Å². The average Bonchev–Trinajstić information content (AvgIpc) is 3.18. The molecule has 1 aliphatic rings. The molecule has 1 aliphatic heterocycles. The number of aliphatic hydroxyl groups excluding tert-OH is 3. The Morgan fingerprint density at radius 3 is 1.57 bits per heavy atom. The minimum absolute atomic E-state index is 0.204. The maximum Gasteiger partial charge on any atom is 0.331 e. The average molecular weight is 847 g/mol. The Hall–Kier alpha value is -1.87. The van der Waals surface area contributed by atoms with E-state index in [1.807, 2.05) is 6.08 Å². The minimum atomic E-state index is -4.61. The van der Waals surface area contributed by atoms with E-state index in [0.717, 1.165) is 38.5 Å². The summed E-state index contributed by atoms with van der Waals surface area (Å²) in [6, 6.07) is 0. The third-order valence-corrected chi connectivity index (χ3v) is 11.4. The molecule has 0 amide bonds. The van der Waals surface area contributed by atoms with E-state index in [4.69, 9.17) is 18.9 Å². The van der Waals surface area contributed by atoms with Crippen molar-refractivity contribution >= 4 is 22.1 Å². The maximum absolute atomic E-state index is 12.7. The van der Waals surface area contributed by atoms with Crippen molar-refractivity contribution in [3.8, 4) is 0 Å². The number of rotatable bonds is 38. The predicted molar refractivity (Wildman–Crippen MR) is 229 cm³/mol. The van der Waals surface area contributed by atoms with Crippen molar-refractivity contribution in [3.63, 3.8) is 0 Å². The Morgan fingerprint density at radius 2 is 1.09 bits per heavy atom. The topological polar surface area (TPSA) is 186 Å². The van der Waals surface area contributed by atoms with Gasteiger partial charge in [-0.3, -0.25) is 9.35 Å². The number of ether oxygens (including phenoxy) is 4. The van der Waals surface area contributed by atoms with Crippen LogP contribution in [0.3, 0.4) is 0 Å². The summed E-state index contributed by atoms with van der Waals surface area (Å²) in [6.45, 7) is 3.67. The summed E-state index contributed by atoms with van der Waals surface area (Å²) in [7, 11) is -4.61. The van der Waals surface area contributed by atoms with Crippen LogP contribution in [0.5, 0.6) is 0 Å². The lowest BCUT2D eigenvalue weighted by Crippen LogP contribution is -2.60. The van der Waals surface area contributed by atoms with Gasteiger partial charge in [-0.1, -0.05) is 186 Å². The minimum Gasteiger partial charge on any atom is -0.462 e. The van der Waals surface area contributed by atoms with E-state index < -0.39 is 71.2 Å². The van der Waals surface area contributed by atoms with Gasteiger partial charge in [-0.05, 0) is 19.3 Å². The molecule has 0 saturated carbocycles. The van der Waals surface area contributed by atoms with Gasteiger partial charge in [0, 0.05) is 12.5 Å². The van der Waals surface area contributed by atoms with Crippen LogP contribution in [0.25, 0.3) is 0 Å². The molecule has 12 nitrogen and oxygen atoms in total. The molecule has 1 fully saturated rings. The van der Waals surface area contributed by atoms with Crippen molar-refractivity contribution in [3.05, 3.63) is 24.3 Å². The Bertz CT molecular complexity index is 1180. The highest BCUT2D eigenvalue weighted by molar-refractivity contribution is 7.85. The van der Waals surface area contributed by atoms with E-state index in [2.05, 4.69) is 13.8 Å². The van der Waals surface area contributed by atoms with Crippen LogP contribution in [0, 0.1) is 0 Å². The number of hydrogen-bond donors (Lipinski definition) is 4. The lowest BCUT2D eigenvalue weighted by molar-refractivity contribution is -0.297. The molecule has 6 atom stereocenters. The molecule has 1 saturated heterocycles. The molecule has 0 aromatic rings. The smallest absolute Gasteiger partial charge is 0.331 e. The molecular weight excluding hydrogens is 765 g/mol. The zero-order chi connectivity index (χ0) is 42.7. The Balaban J connectivity index is 2.49. The third kappa shape index (κ3) is 30.2. The molecule has 2 unspecified atom stereocenters. The van der Waals surface area contributed by atoms with Crippen LogP contribution in [-0.4, -0.2) is 96.0 Å². The van der Waals surface area contributed by atoms with Crippen LogP contribution in [0.2, 0.25) is 0 Å². The Kier molecular flexibility index (Phi) is 33.5. The predicted octanol–water partition coefficient (Wildman–Crippen LogP) is 9.23. The highest BCUT2D eigenvalue weighted by Gasteiger charge is 2.46. The molecule has 340 valence electrons. The van der Waals surface area contributed by atoms with Crippen molar-refractivity contribution in [2.75, 3.05) is 19.0 Å². The van der Waals surface area contributed by atoms with Gasteiger partial charge in [-0.15, -0.1) is 0 Å². The van der Waals surface area contributed by atoms with Gasteiger partial charge in [0.05, 0.1) is 6.61 Å². The van der Waals surface area contributed by atoms with Crippen LogP contribution in [0.1, 0.15) is 194 Å². The summed E-state index contributed by atoms with van der Waals surface area (Å²) in [5.74, 6) is -2.24. The van der Waals surface area contributed by atoms with Crippen molar-refractivity contribution < 1.29 is 56.8 Å². The number of aliphatic hydroxyl groups is 3. The number of hydrogen-bond acceptors (Lipinski definition) is 11. The van der Waals surface area contributed by atoms with Crippen molar-refractivity contribution in [1.82, 2.24) is 0 Å². The number of carbonyl (C=O) groups excluding carboxylic acids is 2. The van der Waals surface area contributed by atoms with Crippen LogP contribution in [0.15, 0.2) is 24.3 Å². The second-order valence-corrected chi connectivity index (χ2v) is 17.6. The first kappa shape index (κ1) is 54.1. The third-order valence-electron chi connectivity index (χ3n) is 10.6. The van der Waals surface area contributed by atoms with Gasteiger partial charge in [-0.25, -0.2) is 4.79 Å². The summed E-state index contributed by atoms with van der Waals surface area (Å²) < 4.78 is 53.8. The number of allylic oxidation sites excluding steroid dienone is 3. The van der Waals surface area contributed by atoms with E-state index in [9.17, 15) is 37.9 Å². The number of unbranched alkanes of at least 4 members (excludes halogenated alkanes) is 25. The second-order valence-electron chi connectivity index (χ2n) is 16.1. The maximum atomic E-state index is 12.7. The highest BCUT2D eigenvalue weighted by Crippen LogP contribution is 2.24. The van der Waals surface area contributed by atoms with Crippen LogP contribution >= 0.6 is 0 Å². The normalized spacial score (nSPS) is 20.6. The highest BCUT2D eigenvalue weighted by atomic mass is 32.2. The Labute approximate surface area is 351 Å². The first-order valence-corrected chi connectivity index (χ1v) is 24.5. The number of carbonyl (C=O) groups is 2. The molecule has 1 rings (SSSR count). The monoisotopic (exact) mass is 847 g/mol. The Morgan fingerprint density at radius 1 is 0.621 bits per heavy atom. The van der Waals surface area contributed by atoms with Gasteiger partial charge in [0.1, 0.15) is 36.8 Å². The molecule has 0 aliphatic carbocycles. The SMILES string of the molecule is CCCCCCCCCCCCC/C=C/C=C/C(=O)O[C@H](COC(=O)CCCCCCCCCCCCCCCCC)CO[C@H]1O[C@H](CS(=O)(=O)O)[C@@H](O)C(O)C1O. The summed E-state index contributed by atoms with van der Waals surface area (Å²) in [4.78, 5) is 25.3. The van der Waals surface area contributed by atoms with E-state index in [-0.39, 0.29) is 13.0 Å². The van der Waals surface area contributed by atoms with Crippen LogP contribution in [0.4, 0.5) is 0 Å². The van der Waals surface area contributed by atoms with E-state index in [0.29, 0.717) is 6.42 Å². The zero-order valence-electron chi connectivity index (χ0n) is 36.2. The zero-order valence-corrected chi connectivity index (χ0v) is 37.0. The first-order chi connectivity index (χ1) is 28.0. The van der Waals surface area contributed by atoms with E-state index in [1.165, 1.54) is 134 Å². The second kappa shape index (κ2) is 35.8. The fourth-order valence-corrected chi connectivity index (χ4v) is 7.75. The van der Waals surface area contributed by atoms with Gasteiger partial charge >= 0.3 is 11.9 Å². The molecule has 1 heterocycles. The van der Waals surface area contributed by atoms with Gasteiger partial charge in [0.2, 0.25) is 0 Å². The fourth-order valence-electron chi connectivity index (χ4n) is 7.06. The summed E-state index contributed by atoms with van der Waals surface area (Å²) in [5.41, 5.74) is 0. The molecule has 0 bridgehead atoms. The van der Waals surface area contributed by atoms with E-state index >= 15 is 0 Å². The van der Waals surface area contributed by atoms with Gasteiger partial charge in [-0.2, -0.15) is 8.42 Å². The fraction of sp³-hybridized carbons (Fsp3) is 0.867. The lowest BCUT2D eigenvalue weighted by atomic mass is 10.00. The van der Waals surface area contributed by atoms with Crippen molar-refractivity contribution in [1.29, 1.82) is 0 Å². The molecular formula is C45H82O12S. The van der Waals surface area contributed by atoms with E-state index in [1.54, 1.807) is 12.2 Å². The summed E-state index contributed by atoms with van der Waals surface area (Å²) in [6.07, 6.45) is 30.0. The van der Waals surface area contributed by atoms with Gasteiger partial charge in [0.25, 0.3) is 10.1 Å². The van der Waals surface area contributed by atoms with Crippen LogP contribution in [-0.2, 0) is 38.7 Å². The molecule has 58 heavy (non-hydrogen) atoms. The standard InChI is InChI=1S/C45H82O12S/c1-3-5-7-9-11-13-15-17-19-21-23-25-27-29-31-33-40(46)54-35-38(36-55-45-44(50)43(49)42(48)39(57-45)37-58(51,52)53)56-41(47)34-32-30-28-26-24-22-20-18-16-14-12-10-8-6-4-2/h28,30,32,34,38-39,42-45,48-50H,3-27,29,31,33,35-37H2,1-2H3,(H,51,52,53)/b30-28+,34-32+/t38-,39-,42-,43?,44?,45+/m1/s1. The number of esters is 2. The first-order valence-electron chi connectivity index (χ1n) is 22.9.